The minimum absolute atomic E-state index is 0.0295. The minimum Gasteiger partial charge on any atom is -0.494 e. The second-order valence-corrected chi connectivity index (χ2v) is 9.45. The quantitative estimate of drug-likeness (QED) is 0.458. The van der Waals surface area contributed by atoms with E-state index in [9.17, 15) is 9.90 Å². The van der Waals surface area contributed by atoms with Crippen LogP contribution in [0.15, 0.2) is 48.5 Å². The molecule has 2 heterocycles. The zero-order chi connectivity index (χ0) is 23.4. The van der Waals surface area contributed by atoms with E-state index in [1.54, 1.807) is 0 Å². The Balaban J connectivity index is 1.53. The van der Waals surface area contributed by atoms with Gasteiger partial charge in [-0.05, 0) is 68.7 Å². The number of hydrogen-bond donors (Lipinski definition) is 2. The Bertz CT molecular complexity index is 1110. The van der Waals surface area contributed by atoms with Crippen LogP contribution in [0.25, 0.3) is 22.2 Å². The Morgan fingerprint density at radius 1 is 1.24 bits per heavy atom. The molecule has 1 aliphatic heterocycles. The molecule has 33 heavy (non-hydrogen) atoms. The fourth-order valence-electron chi connectivity index (χ4n) is 4.40. The first-order valence-electron chi connectivity index (χ1n) is 11.6. The van der Waals surface area contributed by atoms with Crippen molar-refractivity contribution in [2.45, 2.75) is 45.4 Å². The lowest BCUT2D eigenvalue weighted by Gasteiger charge is -2.15. The Hall–Kier alpha value is -2.54. The number of ether oxygens (including phenoxy) is 1. The smallest absolute Gasteiger partial charge is 0.240 e. The fraction of sp³-hybridized carbons (Fsp3) is 0.423. The van der Waals surface area contributed by atoms with Crippen molar-refractivity contribution >= 4 is 28.4 Å². The van der Waals surface area contributed by atoms with Gasteiger partial charge in [-0.2, -0.15) is 0 Å². The molecule has 176 valence electrons. The van der Waals surface area contributed by atoms with Crippen LogP contribution >= 0.6 is 11.6 Å². The van der Waals surface area contributed by atoms with Gasteiger partial charge >= 0.3 is 0 Å². The highest BCUT2D eigenvalue weighted by Gasteiger charge is 2.19. The molecule has 1 atom stereocenters. The standard InChI is InChI=1S/C26H32ClN3O3/c1-18(2)28-26(32)17-30-24-8-7-23(33-12-4-10-29-11-9-22(31)16-29)14-20(24)15-25(30)19-5-3-6-21(27)13-19/h3,5-8,13-15,18,22,31H,4,9-12,16-17H2,1-2H3,(H,28,32). The molecule has 2 N–H and O–H groups in total. The molecule has 1 fully saturated rings. The number of aromatic nitrogens is 1. The maximum atomic E-state index is 12.6. The van der Waals surface area contributed by atoms with Crippen molar-refractivity contribution < 1.29 is 14.6 Å². The number of aliphatic hydroxyl groups is 1. The molecule has 1 unspecified atom stereocenters. The third-order valence-corrected chi connectivity index (χ3v) is 6.11. The summed E-state index contributed by atoms with van der Waals surface area (Å²) in [7, 11) is 0. The van der Waals surface area contributed by atoms with E-state index in [2.05, 4.69) is 16.3 Å². The average Bonchev–Trinajstić information content (AvgIpc) is 3.34. The van der Waals surface area contributed by atoms with Crippen LogP contribution in [0, 0.1) is 0 Å². The number of nitrogens with one attached hydrogen (secondary N) is 1. The van der Waals surface area contributed by atoms with Crippen molar-refractivity contribution in [3.05, 3.63) is 53.6 Å². The van der Waals surface area contributed by atoms with Crippen LogP contribution in [0.1, 0.15) is 26.7 Å². The van der Waals surface area contributed by atoms with Crippen LogP contribution in [0.2, 0.25) is 5.02 Å². The van der Waals surface area contributed by atoms with Gasteiger partial charge in [0.2, 0.25) is 5.91 Å². The van der Waals surface area contributed by atoms with Gasteiger partial charge in [-0.15, -0.1) is 0 Å². The monoisotopic (exact) mass is 469 g/mol. The van der Waals surface area contributed by atoms with Gasteiger partial charge in [0, 0.05) is 47.3 Å². The van der Waals surface area contributed by atoms with E-state index < -0.39 is 0 Å². The normalized spacial score (nSPS) is 16.6. The molecule has 4 rings (SSSR count). The van der Waals surface area contributed by atoms with Crippen LogP contribution < -0.4 is 10.1 Å². The first kappa shape index (κ1) is 23.6. The van der Waals surface area contributed by atoms with Gasteiger partial charge < -0.3 is 24.6 Å². The Morgan fingerprint density at radius 2 is 2.09 bits per heavy atom. The number of fused-ring (bicyclic) bond motifs is 1. The first-order chi connectivity index (χ1) is 15.9. The van der Waals surface area contributed by atoms with Crippen molar-refractivity contribution in [2.75, 3.05) is 26.2 Å². The van der Waals surface area contributed by atoms with Crippen molar-refractivity contribution in [3.8, 4) is 17.0 Å². The minimum atomic E-state index is -0.186. The van der Waals surface area contributed by atoms with Gasteiger partial charge in [0.05, 0.1) is 12.7 Å². The molecule has 0 bridgehead atoms. The third kappa shape index (κ3) is 6.08. The van der Waals surface area contributed by atoms with Crippen LogP contribution in [-0.2, 0) is 11.3 Å². The van der Waals surface area contributed by atoms with Crippen molar-refractivity contribution in [2.24, 2.45) is 0 Å². The van der Waals surface area contributed by atoms with Gasteiger partial charge in [-0.1, -0.05) is 23.7 Å². The number of hydrogen-bond acceptors (Lipinski definition) is 4. The van der Waals surface area contributed by atoms with Crippen LogP contribution in [0.4, 0.5) is 0 Å². The van der Waals surface area contributed by atoms with Crippen LogP contribution in [-0.4, -0.2) is 58.9 Å². The van der Waals surface area contributed by atoms with Crippen molar-refractivity contribution in [1.29, 1.82) is 0 Å². The predicted octanol–water partition coefficient (Wildman–Crippen LogP) is 4.32. The summed E-state index contributed by atoms with van der Waals surface area (Å²) in [6.07, 6.45) is 1.58. The maximum absolute atomic E-state index is 12.6. The molecule has 0 aliphatic carbocycles. The Kier molecular flexibility index (Phi) is 7.58. The number of carbonyl (C=O) groups excluding carboxylic acids is 1. The number of benzene rings is 2. The molecule has 1 saturated heterocycles. The molecule has 1 aliphatic rings. The molecular weight excluding hydrogens is 438 g/mol. The summed E-state index contributed by atoms with van der Waals surface area (Å²) in [6.45, 7) is 7.41. The van der Waals surface area contributed by atoms with Crippen LogP contribution in [0.5, 0.6) is 5.75 Å². The topological polar surface area (TPSA) is 66.7 Å². The summed E-state index contributed by atoms with van der Waals surface area (Å²) < 4.78 is 8.04. The third-order valence-electron chi connectivity index (χ3n) is 5.88. The van der Waals surface area contributed by atoms with Crippen molar-refractivity contribution in [1.82, 2.24) is 14.8 Å². The summed E-state index contributed by atoms with van der Waals surface area (Å²) >= 11 is 6.25. The van der Waals surface area contributed by atoms with Gasteiger partial charge in [-0.3, -0.25) is 4.79 Å². The highest BCUT2D eigenvalue weighted by atomic mass is 35.5. The SMILES string of the molecule is CC(C)NC(=O)Cn1c(-c2cccc(Cl)c2)cc2cc(OCCCN3CCC(O)C3)ccc21. The molecule has 2 aromatic carbocycles. The number of amides is 1. The Labute approximate surface area is 200 Å². The lowest BCUT2D eigenvalue weighted by molar-refractivity contribution is -0.122. The van der Waals surface area contributed by atoms with E-state index in [1.807, 2.05) is 60.9 Å². The molecule has 0 saturated carbocycles. The van der Waals surface area contributed by atoms with E-state index in [4.69, 9.17) is 16.3 Å². The summed E-state index contributed by atoms with van der Waals surface area (Å²) in [6, 6.07) is 15.8. The molecule has 1 amide bonds. The van der Waals surface area contributed by atoms with Gasteiger partial charge in [0.1, 0.15) is 12.3 Å². The molecule has 1 aromatic heterocycles. The summed E-state index contributed by atoms with van der Waals surface area (Å²) in [5.74, 6) is 0.781. The number of aliphatic hydroxyl groups excluding tert-OH is 1. The van der Waals surface area contributed by atoms with E-state index >= 15 is 0 Å². The van der Waals surface area contributed by atoms with Crippen molar-refractivity contribution in [3.63, 3.8) is 0 Å². The van der Waals surface area contributed by atoms with Gasteiger partial charge in [0.15, 0.2) is 0 Å². The van der Waals surface area contributed by atoms with Crippen LogP contribution in [0.3, 0.4) is 0 Å². The lowest BCUT2D eigenvalue weighted by atomic mass is 10.1. The molecule has 0 radical (unpaired) electrons. The summed E-state index contributed by atoms with van der Waals surface area (Å²) in [5.41, 5.74) is 2.88. The molecule has 6 nitrogen and oxygen atoms in total. The number of β-amino-alcohol motifs (C(OH)–C–C–N with tert-alkyl or cyclic N) is 1. The zero-order valence-electron chi connectivity index (χ0n) is 19.3. The molecule has 3 aromatic rings. The number of carbonyl (C=O) groups is 1. The highest BCUT2D eigenvalue weighted by molar-refractivity contribution is 6.30. The maximum Gasteiger partial charge on any atom is 0.240 e. The number of rotatable bonds is 9. The van der Waals surface area contributed by atoms with Gasteiger partial charge in [-0.25, -0.2) is 0 Å². The number of nitrogens with zero attached hydrogens (tertiary/aromatic N) is 2. The molecular formula is C26H32ClN3O3. The van der Waals surface area contributed by atoms with E-state index in [0.717, 1.165) is 60.4 Å². The largest absolute Gasteiger partial charge is 0.494 e. The average molecular weight is 470 g/mol. The van der Waals surface area contributed by atoms with E-state index in [-0.39, 0.29) is 24.6 Å². The highest BCUT2D eigenvalue weighted by Crippen LogP contribution is 2.32. The second kappa shape index (κ2) is 10.6. The lowest BCUT2D eigenvalue weighted by Crippen LogP contribution is -2.33. The summed E-state index contributed by atoms with van der Waals surface area (Å²) in [5, 5.41) is 14.3. The van der Waals surface area contributed by atoms with Gasteiger partial charge in [0.25, 0.3) is 0 Å². The number of halogens is 1. The van der Waals surface area contributed by atoms with E-state index in [1.165, 1.54) is 0 Å². The second-order valence-electron chi connectivity index (χ2n) is 9.01. The molecule has 0 spiro atoms. The first-order valence-corrected chi connectivity index (χ1v) is 12.0. The molecule has 7 heteroatoms. The Morgan fingerprint density at radius 3 is 2.82 bits per heavy atom. The number of likely N-dealkylation sites (tertiary alicyclic amines) is 1. The zero-order valence-corrected chi connectivity index (χ0v) is 20.0. The van der Waals surface area contributed by atoms with E-state index in [0.29, 0.717) is 11.6 Å². The predicted molar refractivity (Wildman–Crippen MR) is 133 cm³/mol. The fourth-order valence-corrected chi connectivity index (χ4v) is 4.59. The summed E-state index contributed by atoms with van der Waals surface area (Å²) in [4.78, 5) is 14.9.